The van der Waals surface area contributed by atoms with E-state index in [-0.39, 0.29) is 18.4 Å². The summed E-state index contributed by atoms with van der Waals surface area (Å²) >= 11 is 0. The normalized spacial score (nSPS) is 49.6. The molecule has 21 heavy (non-hydrogen) atoms. The smallest absolute Gasteiger partial charge is 0.252 e. The highest BCUT2D eigenvalue weighted by molar-refractivity contribution is 5.96. The molecule has 112 valence electrons. The third-order valence-corrected chi connectivity index (χ3v) is 5.82. The molecule has 0 radical (unpaired) electrons. The van der Waals surface area contributed by atoms with Crippen LogP contribution in [0.5, 0.6) is 0 Å². The number of ether oxygens (including phenoxy) is 1. The monoisotopic (exact) mass is 289 g/mol. The zero-order chi connectivity index (χ0) is 15.1. The van der Waals surface area contributed by atoms with Crippen molar-refractivity contribution in [2.24, 2.45) is 21.7 Å². The number of fused-ring (bicyclic) bond motifs is 1. The van der Waals surface area contributed by atoms with Crippen molar-refractivity contribution in [2.75, 3.05) is 6.54 Å². The fourth-order valence-electron chi connectivity index (χ4n) is 4.14. The van der Waals surface area contributed by atoms with Crippen LogP contribution >= 0.6 is 0 Å². The number of carbonyl (C=O) groups is 1. The van der Waals surface area contributed by atoms with Crippen molar-refractivity contribution in [1.82, 2.24) is 5.32 Å². The van der Waals surface area contributed by atoms with Crippen molar-refractivity contribution < 1.29 is 14.2 Å². The van der Waals surface area contributed by atoms with Gasteiger partial charge in [0.15, 0.2) is 5.41 Å². The second-order valence-corrected chi connectivity index (χ2v) is 7.13. The van der Waals surface area contributed by atoms with Gasteiger partial charge in [-0.15, -0.1) is 0 Å². The lowest BCUT2D eigenvalue weighted by atomic mass is 9.60. The highest BCUT2D eigenvalue weighted by atomic mass is 16.6. The second-order valence-electron chi connectivity index (χ2n) is 7.13. The van der Waals surface area contributed by atoms with Gasteiger partial charge >= 0.3 is 0 Å². The Labute approximate surface area is 123 Å². The van der Waals surface area contributed by atoms with E-state index in [1.54, 1.807) is 12.5 Å². The Morgan fingerprint density at radius 1 is 1.52 bits per heavy atom. The summed E-state index contributed by atoms with van der Waals surface area (Å²) in [7, 11) is 0. The van der Waals surface area contributed by atoms with Gasteiger partial charge in [0, 0.05) is 0 Å². The van der Waals surface area contributed by atoms with Crippen molar-refractivity contribution >= 4 is 11.7 Å². The minimum atomic E-state index is -0.982. The molecule has 0 saturated carbocycles. The first-order valence-electron chi connectivity index (χ1n) is 7.32. The van der Waals surface area contributed by atoms with Crippen LogP contribution in [-0.4, -0.2) is 28.7 Å². The van der Waals surface area contributed by atoms with E-state index < -0.39 is 21.2 Å². The Kier molecular flexibility index (Phi) is 2.10. The first kappa shape index (κ1) is 13.0. The average Bonchev–Trinajstić information content (AvgIpc) is 2.95. The van der Waals surface area contributed by atoms with Crippen LogP contribution < -0.4 is 5.32 Å². The number of piperidine rings is 1. The molecule has 6 heteroatoms. The summed E-state index contributed by atoms with van der Waals surface area (Å²) in [5, 5.41) is 16.0. The van der Waals surface area contributed by atoms with Gasteiger partial charge in [0.1, 0.15) is 12.7 Å². The minimum Gasteiger partial charge on any atom is -0.621 e. The maximum atomic E-state index is 13.0. The molecular weight excluding hydrogens is 270 g/mol. The van der Waals surface area contributed by atoms with Crippen LogP contribution in [0.4, 0.5) is 0 Å². The number of nitrogens with zero attached hydrogens (tertiary/aromatic N) is 2. The zero-order valence-corrected chi connectivity index (χ0v) is 12.4. The molecule has 2 fully saturated rings. The molecule has 4 aliphatic rings. The number of carbonyl (C=O) groups excluding carboxylic acids is 1. The zero-order valence-electron chi connectivity index (χ0n) is 12.4. The van der Waals surface area contributed by atoms with Gasteiger partial charge in [-0.2, -0.15) is 0 Å². The lowest BCUT2D eigenvalue weighted by Gasteiger charge is -2.48. The quantitative estimate of drug-likeness (QED) is 0.588. The molecule has 0 aliphatic carbocycles. The van der Waals surface area contributed by atoms with Gasteiger partial charge in [0.25, 0.3) is 5.72 Å². The molecule has 4 heterocycles. The van der Waals surface area contributed by atoms with E-state index in [1.807, 2.05) is 26.8 Å². The molecule has 2 saturated heterocycles. The van der Waals surface area contributed by atoms with E-state index in [2.05, 4.69) is 10.3 Å². The number of quaternary nitrogens is 1. The Balaban J connectivity index is 1.90. The molecule has 1 amide bonds. The van der Waals surface area contributed by atoms with Crippen molar-refractivity contribution in [2.45, 2.75) is 32.9 Å². The first-order valence-corrected chi connectivity index (χ1v) is 7.32. The summed E-state index contributed by atoms with van der Waals surface area (Å²) in [5.41, 5.74) is -2.18. The van der Waals surface area contributed by atoms with Gasteiger partial charge in [-0.1, -0.05) is 20.8 Å². The SMILES string of the molecule is CC(C)C1(C)CC23C=COC2(C[N+]2([O-])C=CN=C32)NC1=O. The first-order chi connectivity index (χ1) is 9.78. The van der Waals surface area contributed by atoms with Gasteiger partial charge in [-0.3, -0.25) is 9.44 Å². The highest BCUT2D eigenvalue weighted by Crippen LogP contribution is 2.60. The summed E-state index contributed by atoms with van der Waals surface area (Å²) in [6, 6.07) is 0. The Bertz CT molecular complexity index is 640. The molecule has 0 bridgehead atoms. The van der Waals surface area contributed by atoms with Crippen LogP contribution in [-0.2, 0) is 9.53 Å². The number of nitrogens with one attached hydrogen (secondary N) is 1. The largest absolute Gasteiger partial charge is 0.621 e. The molecule has 0 aromatic carbocycles. The van der Waals surface area contributed by atoms with E-state index in [9.17, 15) is 10.0 Å². The third kappa shape index (κ3) is 1.22. The summed E-state index contributed by atoms with van der Waals surface area (Å²) in [6.45, 7) is 6.16. The highest BCUT2D eigenvalue weighted by Gasteiger charge is 2.76. The topological polar surface area (TPSA) is 73.8 Å². The standard InChI is InChI=1S/C15H19N3O3/c1-10(2)13(3)8-14-4-7-21-15(14,17-12(13)19)9-18(20)6-5-16-11(14)18/h4-7,10H,8-9H2,1-3H3,(H,17,19). The van der Waals surface area contributed by atoms with Gasteiger partial charge in [0.2, 0.25) is 11.7 Å². The molecule has 4 unspecified atom stereocenters. The van der Waals surface area contributed by atoms with E-state index in [1.165, 1.54) is 6.20 Å². The lowest BCUT2D eigenvalue weighted by Crippen LogP contribution is -2.68. The number of hydrogen-bond donors (Lipinski definition) is 1. The van der Waals surface area contributed by atoms with Crippen molar-refractivity contribution in [3.63, 3.8) is 0 Å². The molecule has 1 N–H and O–H groups in total. The van der Waals surface area contributed by atoms with E-state index in [0.717, 1.165) is 0 Å². The van der Waals surface area contributed by atoms with Gasteiger partial charge in [0.05, 0.1) is 17.9 Å². The van der Waals surface area contributed by atoms with Gasteiger partial charge in [-0.25, -0.2) is 4.99 Å². The fourth-order valence-corrected chi connectivity index (χ4v) is 4.14. The van der Waals surface area contributed by atoms with Crippen LogP contribution in [0.3, 0.4) is 0 Å². The summed E-state index contributed by atoms with van der Waals surface area (Å²) < 4.78 is 5.14. The Morgan fingerprint density at radius 2 is 2.29 bits per heavy atom. The maximum Gasteiger partial charge on any atom is 0.252 e. The number of aliphatic imine (C=N–C) groups is 1. The van der Waals surface area contributed by atoms with Crippen molar-refractivity contribution in [3.05, 3.63) is 29.9 Å². The number of amidine groups is 1. The Morgan fingerprint density at radius 3 is 3.00 bits per heavy atom. The van der Waals surface area contributed by atoms with Crippen LogP contribution in [0.1, 0.15) is 27.2 Å². The molecule has 4 rings (SSSR count). The van der Waals surface area contributed by atoms with E-state index in [0.29, 0.717) is 12.3 Å². The van der Waals surface area contributed by atoms with Crippen LogP contribution in [0.2, 0.25) is 0 Å². The molecule has 0 spiro atoms. The number of amides is 1. The van der Waals surface area contributed by atoms with Crippen LogP contribution in [0.25, 0.3) is 0 Å². The Hall–Kier alpha value is -1.66. The minimum absolute atomic E-state index is 0.0471. The third-order valence-electron chi connectivity index (χ3n) is 5.82. The summed E-state index contributed by atoms with van der Waals surface area (Å²) in [4.78, 5) is 17.0. The molecule has 4 atom stereocenters. The van der Waals surface area contributed by atoms with Crippen molar-refractivity contribution in [3.8, 4) is 0 Å². The van der Waals surface area contributed by atoms with Gasteiger partial charge < -0.3 is 15.3 Å². The molecule has 4 aliphatic heterocycles. The van der Waals surface area contributed by atoms with Crippen LogP contribution in [0.15, 0.2) is 29.7 Å². The lowest BCUT2D eigenvalue weighted by molar-refractivity contribution is -0.729. The number of hydrogen-bond acceptors (Lipinski definition) is 4. The van der Waals surface area contributed by atoms with Crippen molar-refractivity contribution in [1.29, 1.82) is 0 Å². The molecular formula is C15H19N3O3. The fraction of sp³-hybridized carbons (Fsp3) is 0.600. The van der Waals surface area contributed by atoms with Gasteiger partial charge in [-0.05, 0) is 18.4 Å². The summed E-state index contributed by atoms with van der Waals surface area (Å²) in [5.74, 6) is 0.639. The average molecular weight is 289 g/mol. The van der Waals surface area contributed by atoms with E-state index in [4.69, 9.17) is 4.74 Å². The predicted octanol–water partition coefficient (Wildman–Crippen LogP) is 1.61. The van der Waals surface area contributed by atoms with Crippen LogP contribution in [0, 0.1) is 22.0 Å². The summed E-state index contributed by atoms with van der Waals surface area (Å²) in [6.07, 6.45) is 7.16. The van der Waals surface area contributed by atoms with E-state index >= 15 is 0 Å². The second kappa shape index (κ2) is 3.39. The maximum absolute atomic E-state index is 13.0. The number of hydroxylamine groups is 3. The predicted molar refractivity (Wildman–Crippen MR) is 76.2 cm³/mol. The molecule has 0 aromatic rings. The number of rotatable bonds is 1. The molecule has 6 nitrogen and oxygen atoms in total. The molecule has 0 aromatic heterocycles.